The van der Waals surface area contributed by atoms with E-state index in [2.05, 4.69) is 10.0 Å². The van der Waals surface area contributed by atoms with Gasteiger partial charge in [0.2, 0.25) is 10.0 Å². The first-order valence-electron chi connectivity index (χ1n) is 6.47. The molecule has 0 bridgehead atoms. The van der Waals surface area contributed by atoms with Gasteiger partial charge in [0.1, 0.15) is 0 Å². The molecule has 0 aliphatic carbocycles. The molecule has 1 aromatic rings. The van der Waals surface area contributed by atoms with Crippen LogP contribution in [-0.2, 0) is 10.0 Å². The summed E-state index contributed by atoms with van der Waals surface area (Å²) in [4.78, 5) is 0.330. The second-order valence-electron chi connectivity index (χ2n) is 4.68. The van der Waals surface area contributed by atoms with Gasteiger partial charge in [-0.3, -0.25) is 0 Å². The van der Waals surface area contributed by atoms with Crippen molar-refractivity contribution in [3.8, 4) is 0 Å². The smallest absolute Gasteiger partial charge is 0.240 e. The number of nitrogens with one attached hydrogen (secondary N) is 2. The van der Waals surface area contributed by atoms with Crippen molar-refractivity contribution in [2.75, 3.05) is 30.4 Å². The molecule has 1 fully saturated rings. The largest absolute Gasteiger partial charge is 0.388 e. The number of benzene rings is 1. The molecule has 0 unspecified atom stereocenters. The van der Waals surface area contributed by atoms with Crippen LogP contribution in [0.3, 0.4) is 0 Å². The Kier molecular flexibility index (Phi) is 5.13. The maximum Gasteiger partial charge on any atom is 0.240 e. The van der Waals surface area contributed by atoms with Crippen molar-refractivity contribution in [2.24, 2.45) is 5.92 Å². The SMILES string of the molecule is CNc1ccc(S(=O)(=O)NCC2CCSCC2)cc1. The molecule has 19 heavy (non-hydrogen) atoms. The van der Waals surface area contributed by atoms with Crippen LogP contribution in [0.25, 0.3) is 0 Å². The molecule has 1 aliphatic rings. The van der Waals surface area contributed by atoms with E-state index in [1.165, 1.54) is 0 Å². The summed E-state index contributed by atoms with van der Waals surface area (Å²) in [6.45, 7) is 0.552. The third kappa shape index (κ3) is 4.12. The highest BCUT2D eigenvalue weighted by Crippen LogP contribution is 2.22. The Morgan fingerprint density at radius 3 is 2.42 bits per heavy atom. The lowest BCUT2D eigenvalue weighted by Crippen LogP contribution is -2.31. The zero-order valence-corrected chi connectivity index (χ0v) is 12.7. The molecule has 0 radical (unpaired) electrons. The van der Waals surface area contributed by atoms with Gasteiger partial charge in [0.05, 0.1) is 4.90 Å². The molecule has 1 saturated heterocycles. The second kappa shape index (κ2) is 6.63. The van der Waals surface area contributed by atoms with Crippen molar-refractivity contribution >= 4 is 27.5 Å². The highest BCUT2D eigenvalue weighted by molar-refractivity contribution is 7.99. The fourth-order valence-corrected chi connectivity index (χ4v) is 4.38. The molecular formula is C13H20N2O2S2. The van der Waals surface area contributed by atoms with Crippen LogP contribution in [0.5, 0.6) is 0 Å². The van der Waals surface area contributed by atoms with Crippen molar-refractivity contribution in [2.45, 2.75) is 17.7 Å². The number of hydrogen-bond acceptors (Lipinski definition) is 4. The van der Waals surface area contributed by atoms with Gasteiger partial charge in [0.15, 0.2) is 0 Å². The molecule has 4 nitrogen and oxygen atoms in total. The Bertz CT molecular complexity index is 494. The van der Waals surface area contributed by atoms with E-state index < -0.39 is 10.0 Å². The molecule has 106 valence electrons. The highest BCUT2D eigenvalue weighted by atomic mass is 32.2. The average molecular weight is 300 g/mol. The molecule has 0 spiro atoms. The van der Waals surface area contributed by atoms with Crippen LogP contribution in [0, 0.1) is 5.92 Å². The van der Waals surface area contributed by atoms with Gasteiger partial charge in [0, 0.05) is 19.3 Å². The molecule has 1 aromatic carbocycles. The molecule has 1 heterocycles. The highest BCUT2D eigenvalue weighted by Gasteiger charge is 2.18. The first-order valence-corrected chi connectivity index (χ1v) is 9.11. The van der Waals surface area contributed by atoms with E-state index in [1.807, 2.05) is 18.8 Å². The van der Waals surface area contributed by atoms with E-state index in [0.29, 0.717) is 17.4 Å². The first kappa shape index (κ1) is 14.7. The van der Waals surface area contributed by atoms with E-state index in [9.17, 15) is 8.42 Å². The Hall–Kier alpha value is -0.720. The quantitative estimate of drug-likeness (QED) is 0.875. The summed E-state index contributed by atoms with van der Waals surface area (Å²) in [5.74, 6) is 2.76. The Balaban J connectivity index is 1.96. The minimum atomic E-state index is -3.37. The molecule has 0 amide bonds. The Labute approximate surface area is 119 Å². The number of anilines is 1. The van der Waals surface area contributed by atoms with Crippen LogP contribution in [0.1, 0.15) is 12.8 Å². The van der Waals surface area contributed by atoms with E-state index >= 15 is 0 Å². The van der Waals surface area contributed by atoms with Crippen LogP contribution in [0.2, 0.25) is 0 Å². The van der Waals surface area contributed by atoms with Crippen molar-refractivity contribution in [1.29, 1.82) is 0 Å². The molecule has 2 N–H and O–H groups in total. The van der Waals surface area contributed by atoms with E-state index in [0.717, 1.165) is 30.0 Å². The van der Waals surface area contributed by atoms with E-state index in [-0.39, 0.29) is 0 Å². The zero-order valence-electron chi connectivity index (χ0n) is 11.1. The van der Waals surface area contributed by atoms with Gasteiger partial charge in [-0.15, -0.1) is 0 Å². The summed E-state index contributed by atoms with van der Waals surface area (Å²) in [5, 5.41) is 2.97. The summed E-state index contributed by atoms with van der Waals surface area (Å²) in [7, 11) is -1.56. The van der Waals surface area contributed by atoms with Gasteiger partial charge >= 0.3 is 0 Å². The summed E-state index contributed by atoms with van der Waals surface area (Å²) in [6, 6.07) is 6.80. The number of sulfonamides is 1. The number of thioether (sulfide) groups is 1. The van der Waals surface area contributed by atoms with Crippen LogP contribution in [0.15, 0.2) is 29.2 Å². The molecule has 0 saturated carbocycles. The minimum Gasteiger partial charge on any atom is -0.388 e. The maximum atomic E-state index is 12.1. The van der Waals surface area contributed by atoms with Gasteiger partial charge in [0.25, 0.3) is 0 Å². The molecule has 0 aromatic heterocycles. The predicted molar refractivity (Wildman–Crippen MR) is 81.2 cm³/mol. The lowest BCUT2D eigenvalue weighted by molar-refractivity contribution is 0.476. The van der Waals surface area contributed by atoms with Crippen molar-refractivity contribution in [1.82, 2.24) is 4.72 Å². The van der Waals surface area contributed by atoms with E-state index in [4.69, 9.17) is 0 Å². The third-order valence-electron chi connectivity index (χ3n) is 3.36. The average Bonchev–Trinajstić information content (AvgIpc) is 2.46. The summed E-state index contributed by atoms with van der Waals surface area (Å²) >= 11 is 1.95. The maximum absolute atomic E-state index is 12.1. The molecule has 6 heteroatoms. The molecule has 1 aliphatic heterocycles. The van der Waals surface area contributed by atoms with Crippen LogP contribution in [0.4, 0.5) is 5.69 Å². The molecule has 2 rings (SSSR count). The zero-order chi connectivity index (χ0) is 13.7. The monoisotopic (exact) mass is 300 g/mol. The van der Waals surface area contributed by atoms with Crippen LogP contribution in [-0.4, -0.2) is 33.5 Å². The first-order chi connectivity index (χ1) is 9.12. The van der Waals surface area contributed by atoms with Crippen molar-refractivity contribution < 1.29 is 8.42 Å². The summed E-state index contributed by atoms with van der Waals surface area (Å²) in [5.41, 5.74) is 0.906. The lowest BCUT2D eigenvalue weighted by Gasteiger charge is -2.21. The van der Waals surface area contributed by atoms with E-state index in [1.54, 1.807) is 24.3 Å². The fourth-order valence-electron chi connectivity index (χ4n) is 2.06. The lowest BCUT2D eigenvalue weighted by atomic mass is 10.0. The predicted octanol–water partition coefficient (Wildman–Crippen LogP) is 2.15. The van der Waals surface area contributed by atoms with Gasteiger partial charge in [-0.05, 0) is 54.5 Å². The Morgan fingerprint density at radius 1 is 1.21 bits per heavy atom. The van der Waals surface area contributed by atoms with Gasteiger partial charge in [-0.1, -0.05) is 0 Å². The normalized spacial score (nSPS) is 17.3. The second-order valence-corrected chi connectivity index (χ2v) is 7.67. The van der Waals surface area contributed by atoms with Crippen LogP contribution < -0.4 is 10.0 Å². The Morgan fingerprint density at radius 2 is 1.84 bits per heavy atom. The van der Waals surface area contributed by atoms with Gasteiger partial charge < -0.3 is 5.32 Å². The topological polar surface area (TPSA) is 58.2 Å². The minimum absolute atomic E-state index is 0.330. The number of rotatable bonds is 5. The van der Waals surface area contributed by atoms with Gasteiger partial charge in [-0.25, -0.2) is 13.1 Å². The standard InChI is InChI=1S/C13H20N2O2S2/c1-14-12-2-4-13(5-3-12)19(16,17)15-10-11-6-8-18-9-7-11/h2-5,11,14-15H,6-10H2,1H3. The summed E-state index contributed by atoms with van der Waals surface area (Å²) < 4.78 is 27.0. The van der Waals surface area contributed by atoms with Crippen molar-refractivity contribution in [3.63, 3.8) is 0 Å². The molecular weight excluding hydrogens is 280 g/mol. The number of hydrogen-bond donors (Lipinski definition) is 2. The van der Waals surface area contributed by atoms with Crippen LogP contribution >= 0.6 is 11.8 Å². The third-order valence-corrected chi connectivity index (χ3v) is 5.84. The van der Waals surface area contributed by atoms with Crippen molar-refractivity contribution in [3.05, 3.63) is 24.3 Å². The molecule has 0 atom stereocenters. The van der Waals surface area contributed by atoms with Gasteiger partial charge in [-0.2, -0.15) is 11.8 Å². The fraction of sp³-hybridized carbons (Fsp3) is 0.538. The summed E-state index contributed by atoms with van der Waals surface area (Å²) in [6.07, 6.45) is 2.21.